The minimum Gasteiger partial charge on any atom is -0.309 e. The first-order chi connectivity index (χ1) is 8.22. The van der Waals surface area contributed by atoms with Gasteiger partial charge in [-0.1, -0.05) is 35.9 Å². The molecule has 0 saturated heterocycles. The molecule has 0 spiro atoms. The van der Waals surface area contributed by atoms with E-state index in [0.717, 1.165) is 21.7 Å². The number of aromatic nitrogens is 1. The minimum atomic E-state index is 0.0797. The molecule has 2 rings (SSSR count). The van der Waals surface area contributed by atoms with E-state index < -0.39 is 0 Å². The zero-order valence-corrected chi connectivity index (χ0v) is 10.7. The van der Waals surface area contributed by atoms with Crippen LogP contribution in [0.5, 0.6) is 0 Å². The van der Waals surface area contributed by atoms with E-state index in [1.807, 2.05) is 50.6 Å². The molecular weight excluding hydrogens is 232 g/mol. The van der Waals surface area contributed by atoms with E-state index in [4.69, 9.17) is 11.6 Å². The molecule has 1 atom stereocenters. The van der Waals surface area contributed by atoms with Gasteiger partial charge in [-0.2, -0.15) is 0 Å². The van der Waals surface area contributed by atoms with Crippen LogP contribution in [0.1, 0.15) is 22.7 Å². The van der Waals surface area contributed by atoms with Gasteiger partial charge in [0, 0.05) is 17.4 Å². The van der Waals surface area contributed by atoms with Gasteiger partial charge in [0.05, 0.1) is 6.04 Å². The predicted octanol–water partition coefficient (Wildman–Crippen LogP) is 3.35. The maximum Gasteiger partial charge on any atom is 0.0604 e. The summed E-state index contributed by atoms with van der Waals surface area (Å²) in [5, 5.41) is 4.05. The maximum atomic E-state index is 6.23. The molecular formula is C14H15ClN2. The standard InChI is InChI=1S/C14H15ClN2/c1-10-7-11(9-17-8-10)14(16-2)12-5-3-4-6-13(12)15/h3-9,14,16H,1-2H3. The number of hydrogen-bond donors (Lipinski definition) is 1. The molecule has 0 aliphatic rings. The molecule has 1 aromatic heterocycles. The van der Waals surface area contributed by atoms with Gasteiger partial charge in [-0.05, 0) is 36.7 Å². The second kappa shape index (κ2) is 5.30. The number of nitrogens with one attached hydrogen (secondary N) is 1. The SMILES string of the molecule is CNC(c1cncc(C)c1)c1ccccc1Cl. The number of rotatable bonds is 3. The van der Waals surface area contributed by atoms with Gasteiger partial charge in [-0.15, -0.1) is 0 Å². The fourth-order valence-corrected chi connectivity index (χ4v) is 2.19. The van der Waals surface area contributed by atoms with E-state index in [1.165, 1.54) is 0 Å². The van der Waals surface area contributed by atoms with Gasteiger partial charge in [-0.25, -0.2) is 0 Å². The third-order valence-corrected chi connectivity index (χ3v) is 3.08. The number of aryl methyl sites for hydroxylation is 1. The second-order valence-corrected chi connectivity index (χ2v) is 4.45. The smallest absolute Gasteiger partial charge is 0.0604 e. The van der Waals surface area contributed by atoms with Crippen LogP contribution in [0.25, 0.3) is 0 Å². The highest BCUT2D eigenvalue weighted by molar-refractivity contribution is 6.31. The predicted molar refractivity (Wildman–Crippen MR) is 71.3 cm³/mol. The molecule has 0 saturated carbocycles. The maximum absolute atomic E-state index is 6.23. The third-order valence-electron chi connectivity index (χ3n) is 2.73. The molecule has 0 aliphatic heterocycles. The van der Waals surface area contributed by atoms with E-state index in [2.05, 4.69) is 16.4 Å². The summed E-state index contributed by atoms with van der Waals surface area (Å²) in [6.45, 7) is 2.04. The molecule has 1 heterocycles. The Kier molecular flexibility index (Phi) is 3.77. The molecule has 3 heteroatoms. The topological polar surface area (TPSA) is 24.9 Å². The average Bonchev–Trinajstić information content (AvgIpc) is 2.33. The molecule has 2 nitrogen and oxygen atoms in total. The lowest BCUT2D eigenvalue weighted by Crippen LogP contribution is -2.18. The van der Waals surface area contributed by atoms with Crippen molar-refractivity contribution in [2.75, 3.05) is 7.05 Å². The van der Waals surface area contributed by atoms with Crippen LogP contribution < -0.4 is 5.32 Å². The van der Waals surface area contributed by atoms with Gasteiger partial charge in [0.2, 0.25) is 0 Å². The zero-order valence-electron chi connectivity index (χ0n) is 9.94. The Morgan fingerprint density at radius 1 is 1.24 bits per heavy atom. The van der Waals surface area contributed by atoms with Crippen molar-refractivity contribution < 1.29 is 0 Å². The van der Waals surface area contributed by atoms with Gasteiger partial charge >= 0.3 is 0 Å². The molecule has 2 aromatic rings. The largest absolute Gasteiger partial charge is 0.309 e. The highest BCUT2D eigenvalue weighted by Crippen LogP contribution is 2.27. The number of hydrogen-bond acceptors (Lipinski definition) is 2. The molecule has 17 heavy (non-hydrogen) atoms. The van der Waals surface area contributed by atoms with E-state index in [-0.39, 0.29) is 6.04 Å². The average molecular weight is 247 g/mol. The lowest BCUT2D eigenvalue weighted by atomic mass is 9.99. The normalized spacial score (nSPS) is 12.4. The van der Waals surface area contributed by atoms with Crippen LogP contribution >= 0.6 is 11.6 Å². The minimum absolute atomic E-state index is 0.0797. The summed E-state index contributed by atoms with van der Waals surface area (Å²) >= 11 is 6.23. The van der Waals surface area contributed by atoms with Crippen molar-refractivity contribution in [3.8, 4) is 0 Å². The molecule has 0 aliphatic carbocycles. The molecule has 1 unspecified atom stereocenters. The van der Waals surface area contributed by atoms with Gasteiger partial charge in [-0.3, -0.25) is 4.98 Å². The van der Waals surface area contributed by atoms with Crippen LogP contribution in [-0.4, -0.2) is 12.0 Å². The van der Waals surface area contributed by atoms with Crippen LogP contribution in [0.15, 0.2) is 42.7 Å². The van der Waals surface area contributed by atoms with Crippen molar-refractivity contribution in [1.82, 2.24) is 10.3 Å². The van der Waals surface area contributed by atoms with E-state index in [1.54, 1.807) is 0 Å². The Morgan fingerprint density at radius 2 is 2.00 bits per heavy atom. The first-order valence-electron chi connectivity index (χ1n) is 5.55. The van der Waals surface area contributed by atoms with Crippen LogP contribution in [0.2, 0.25) is 5.02 Å². The number of benzene rings is 1. The van der Waals surface area contributed by atoms with Crippen molar-refractivity contribution in [2.24, 2.45) is 0 Å². The van der Waals surface area contributed by atoms with Crippen molar-refractivity contribution in [3.63, 3.8) is 0 Å². The van der Waals surface area contributed by atoms with Gasteiger partial charge in [0.15, 0.2) is 0 Å². The molecule has 1 aromatic carbocycles. The van der Waals surface area contributed by atoms with Crippen molar-refractivity contribution >= 4 is 11.6 Å². The molecule has 0 bridgehead atoms. The number of pyridine rings is 1. The first kappa shape index (κ1) is 12.1. The van der Waals surface area contributed by atoms with Crippen molar-refractivity contribution in [2.45, 2.75) is 13.0 Å². The highest BCUT2D eigenvalue weighted by Gasteiger charge is 2.14. The number of halogens is 1. The van der Waals surface area contributed by atoms with Crippen LogP contribution in [0.4, 0.5) is 0 Å². The summed E-state index contributed by atoms with van der Waals surface area (Å²) in [5.41, 5.74) is 3.35. The Labute approximate surface area is 107 Å². The van der Waals surface area contributed by atoms with Crippen molar-refractivity contribution in [3.05, 3.63) is 64.4 Å². The quantitative estimate of drug-likeness (QED) is 0.899. The lowest BCUT2D eigenvalue weighted by Gasteiger charge is -2.18. The second-order valence-electron chi connectivity index (χ2n) is 4.04. The van der Waals surface area contributed by atoms with Crippen LogP contribution in [-0.2, 0) is 0 Å². The van der Waals surface area contributed by atoms with Crippen molar-refractivity contribution in [1.29, 1.82) is 0 Å². The monoisotopic (exact) mass is 246 g/mol. The Hall–Kier alpha value is -1.38. The summed E-state index contributed by atoms with van der Waals surface area (Å²) in [5.74, 6) is 0. The molecule has 0 amide bonds. The highest BCUT2D eigenvalue weighted by atomic mass is 35.5. The van der Waals surface area contributed by atoms with Gasteiger partial charge < -0.3 is 5.32 Å². The lowest BCUT2D eigenvalue weighted by molar-refractivity contribution is 0.688. The van der Waals surface area contributed by atoms with Gasteiger partial charge in [0.25, 0.3) is 0 Å². The summed E-state index contributed by atoms with van der Waals surface area (Å²) in [6, 6.07) is 10.1. The molecule has 1 N–H and O–H groups in total. The first-order valence-corrected chi connectivity index (χ1v) is 5.93. The summed E-state index contributed by atoms with van der Waals surface area (Å²) in [7, 11) is 1.93. The number of nitrogens with zero attached hydrogens (tertiary/aromatic N) is 1. The summed E-state index contributed by atoms with van der Waals surface area (Å²) in [4.78, 5) is 4.23. The summed E-state index contributed by atoms with van der Waals surface area (Å²) < 4.78 is 0. The molecule has 0 fully saturated rings. The van der Waals surface area contributed by atoms with Gasteiger partial charge in [0.1, 0.15) is 0 Å². The zero-order chi connectivity index (χ0) is 12.3. The molecule has 0 radical (unpaired) electrons. The molecule has 88 valence electrons. The van der Waals surface area contributed by atoms with Crippen LogP contribution in [0, 0.1) is 6.92 Å². The van der Waals surface area contributed by atoms with Crippen LogP contribution in [0.3, 0.4) is 0 Å². The Bertz CT molecular complexity index is 511. The fourth-order valence-electron chi connectivity index (χ4n) is 1.95. The Morgan fingerprint density at radius 3 is 2.65 bits per heavy atom. The van der Waals surface area contributed by atoms with E-state index in [0.29, 0.717) is 0 Å². The summed E-state index contributed by atoms with van der Waals surface area (Å²) in [6.07, 6.45) is 3.72. The Balaban J connectivity index is 2.44. The van der Waals surface area contributed by atoms with E-state index >= 15 is 0 Å². The van der Waals surface area contributed by atoms with E-state index in [9.17, 15) is 0 Å². The fraction of sp³-hybridized carbons (Fsp3) is 0.214. The third kappa shape index (κ3) is 2.65.